The maximum absolute atomic E-state index is 13.4. The van der Waals surface area contributed by atoms with Crippen LogP contribution in [-0.2, 0) is 81.2 Å². The number of hydrogen-bond acceptors (Lipinski definition) is 21. The molecule has 5 rings (SSSR count). The molecular formula is C67H98Cl2F3N5O19S. The number of unbranched alkanes of at least 4 members (excludes halogenated alkanes) is 2. The molecule has 0 unspecified atom stereocenters. The van der Waals surface area contributed by atoms with Crippen molar-refractivity contribution in [1.29, 1.82) is 0 Å². The number of carbonyl (C=O) groups is 3. The number of aromatic nitrogens is 1. The zero-order chi connectivity index (χ0) is 69.8. The number of nitrogens with zero attached hydrogens (tertiary/aromatic N) is 2. The number of nitrogens with one attached hydrogen (secondary N) is 3. The van der Waals surface area contributed by atoms with Crippen molar-refractivity contribution in [3.05, 3.63) is 99.5 Å². The molecule has 3 N–H and O–H groups in total. The Morgan fingerprint density at radius 3 is 1.36 bits per heavy atom. The molecule has 24 nitrogen and oxygen atoms in total. The second kappa shape index (κ2) is 47.8. The van der Waals surface area contributed by atoms with Crippen molar-refractivity contribution in [3.63, 3.8) is 0 Å². The van der Waals surface area contributed by atoms with Crippen LogP contribution in [0, 0.1) is 0 Å². The van der Waals surface area contributed by atoms with Gasteiger partial charge in [-0.15, -0.1) is 0 Å². The fourth-order valence-electron chi connectivity index (χ4n) is 9.53. The van der Waals surface area contributed by atoms with Gasteiger partial charge in [0.15, 0.2) is 0 Å². The summed E-state index contributed by atoms with van der Waals surface area (Å²) in [6.07, 6.45) is 3.26. The molecule has 2 heterocycles. The molecule has 1 fully saturated rings. The molecule has 0 radical (unpaired) electrons. The van der Waals surface area contributed by atoms with E-state index in [1.54, 1.807) is 26.8 Å². The number of benzene rings is 3. The van der Waals surface area contributed by atoms with Gasteiger partial charge >= 0.3 is 21.6 Å². The Balaban J connectivity index is 0.779. The van der Waals surface area contributed by atoms with Crippen LogP contribution in [0.5, 0.6) is 5.88 Å². The summed E-state index contributed by atoms with van der Waals surface area (Å²) in [5.74, 6) is -0.107. The van der Waals surface area contributed by atoms with Crippen molar-refractivity contribution in [1.82, 2.24) is 20.1 Å². The second-order valence-electron chi connectivity index (χ2n) is 23.2. The lowest BCUT2D eigenvalue weighted by Gasteiger charge is -2.32. The van der Waals surface area contributed by atoms with Gasteiger partial charge in [0.2, 0.25) is 11.8 Å². The molecule has 0 bridgehead atoms. The Morgan fingerprint density at radius 2 is 0.928 bits per heavy atom. The van der Waals surface area contributed by atoms with Crippen LogP contribution in [0.15, 0.2) is 72.8 Å². The summed E-state index contributed by atoms with van der Waals surface area (Å²) < 4.78 is 142. The third-order valence-electron chi connectivity index (χ3n) is 14.4. The first-order valence-corrected chi connectivity index (χ1v) is 35.1. The van der Waals surface area contributed by atoms with E-state index < -0.39 is 33.1 Å². The van der Waals surface area contributed by atoms with Crippen LogP contribution in [0.1, 0.15) is 101 Å². The Hall–Kier alpha value is -5.12. The predicted molar refractivity (Wildman–Crippen MR) is 359 cm³/mol. The third-order valence-corrected chi connectivity index (χ3v) is 16.5. The van der Waals surface area contributed by atoms with Crippen molar-refractivity contribution in [2.24, 2.45) is 0 Å². The number of hydrogen-bond donors (Lipinski definition) is 3. The van der Waals surface area contributed by atoms with E-state index in [0.717, 1.165) is 28.5 Å². The molecule has 546 valence electrons. The summed E-state index contributed by atoms with van der Waals surface area (Å²) in [5, 5.41) is 5.43. The van der Waals surface area contributed by atoms with E-state index in [4.69, 9.17) is 94.5 Å². The molecule has 2 amide bonds. The van der Waals surface area contributed by atoms with Gasteiger partial charge in [-0.05, 0) is 112 Å². The summed E-state index contributed by atoms with van der Waals surface area (Å²) in [5.41, 5.74) is 2.57. The highest BCUT2D eigenvalue weighted by molar-refractivity contribution is 7.90. The van der Waals surface area contributed by atoms with Crippen LogP contribution < -0.4 is 20.9 Å². The van der Waals surface area contributed by atoms with Crippen molar-refractivity contribution in [2.45, 2.75) is 102 Å². The molecule has 97 heavy (non-hydrogen) atoms. The number of piperidine rings is 1. The fourth-order valence-corrected chi connectivity index (χ4v) is 10.8. The lowest BCUT2D eigenvalue weighted by molar-refractivity contribution is -0.123. The SMILES string of the molecule is CC(C)(C)OC(=O)NNC(=O)CCOCCOCCOCCOCCOCCOCCOCCOCCOCCOCCOCCOCCCC(=O)CCCCCOc1cc(NC2CCN(S(=O)(=O)C(F)(F)F)CC2)c2cc(C(c3ccc(Cl)cc3)c3ccc(Cl)cc3)ccc2n1. The van der Waals surface area contributed by atoms with Gasteiger partial charge in [0.05, 0.1) is 171 Å². The molecule has 0 aliphatic carbocycles. The maximum Gasteiger partial charge on any atom is 0.511 e. The van der Waals surface area contributed by atoms with E-state index in [1.165, 1.54) is 0 Å². The van der Waals surface area contributed by atoms with Crippen LogP contribution in [0.2, 0.25) is 10.0 Å². The quantitative estimate of drug-likeness (QED) is 0.0211. The molecule has 1 saturated heterocycles. The number of halogens is 5. The van der Waals surface area contributed by atoms with E-state index in [2.05, 4.69) is 16.2 Å². The average Bonchev–Trinajstić information content (AvgIpc) is 0.788. The largest absolute Gasteiger partial charge is 0.511 e. The average molecular weight is 1440 g/mol. The Morgan fingerprint density at radius 1 is 0.515 bits per heavy atom. The van der Waals surface area contributed by atoms with E-state index in [1.807, 2.05) is 66.7 Å². The number of anilines is 1. The molecule has 1 aliphatic rings. The number of carbonyl (C=O) groups excluding carboxylic acids is 3. The van der Waals surface area contributed by atoms with Crippen molar-refractivity contribution >= 4 is 67.6 Å². The van der Waals surface area contributed by atoms with Crippen LogP contribution in [0.3, 0.4) is 0 Å². The van der Waals surface area contributed by atoms with E-state index in [9.17, 15) is 36.0 Å². The van der Waals surface area contributed by atoms with Crippen molar-refractivity contribution in [3.8, 4) is 5.88 Å². The zero-order valence-electron chi connectivity index (χ0n) is 56.0. The summed E-state index contributed by atoms with van der Waals surface area (Å²) in [6, 6.07) is 22.6. The van der Waals surface area contributed by atoms with Crippen molar-refractivity contribution in [2.75, 3.05) is 184 Å². The van der Waals surface area contributed by atoms with E-state index in [-0.39, 0.29) is 56.7 Å². The smallest absolute Gasteiger partial charge is 0.478 e. The number of Topliss-reactive ketones (excluding diaryl/α,β-unsaturated/α-hetero) is 1. The molecule has 3 aromatic carbocycles. The number of ketones is 1. The van der Waals surface area contributed by atoms with Gasteiger partial charge < -0.3 is 71.6 Å². The molecule has 0 spiro atoms. The minimum atomic E-state index is -5.44. The summed E-state index contributed by atoms with van der Waals surface area (Å²) in [6.45, 7) is 14.9. The first kappa shape index (κ1) is 82.5. The van der Waals surface area contributed by atoms with Gasteiger partial charge in [0.1, 0.15) is 11.4 Å². The number of alkyl halides is 3. The molecule has 0 saturated carbocycles. The van der Waals surface area contributed by atoms with Gasteiger partial charge in [0.25, 0.3) is 0 Å². The zero-order valence-corrected chi connectivity index (χ0v) is 58.3. The van der Waals surface area contributed by atoms with E-state index >= 15 is 0 Å². The Labute approximate surface area is 578 Å². The number of ether oxygens (including phenoxy) is 14. The maximum atomic E-state index is 13.4. The van der Waals surface area contributed by atoms with Gasteiger partial charge in [0, 0.05) is 71.7 Å². The van der Waals surface area contributed by atoms with Gasteiger partial charge in [-0.3, -0.25) is 15.0 Å². The number of sulfonamides is 1. The summed E-state index contributed by atoms with van der Waals surface area (Å²) in [4.78, 5) is 40.7. The fraction of sp³-hybridized carbons (Fsp3) is 0.642. The number of pyridine rings is 1. The molecule has 30 heteroatoms. The number of rotatable bonds is 53. The van der Waals surface area contributed by atoms with E-state index in [0.29, 0.717) is 222 Å². The first-order valence-electron chi connectivity index (χ1n) is 32.9. The highest BCUT2D eigenvalue weighted by Crippen LogP contribution is 2.38. The molecule has 4 aromatic rings. The van der Waals surface area contributed by atoms with Crippen LogP contribution >= 0.6 is 23.2 Å². The lowest BCUT2D eigenvalue weighted by atomic mass is 9.84. The highest BCUT2D eigenvalue weighted by atomic mass is 35.5. The monoisotopic (exact) mass is 1440 g/mol. The molecule has 1 aliphatic heterocycles. The highest BCUT2D eigenvalue weighted by Gasteiger charge is 2.50. The lowest BCUT2D eigenvalue weighted by Crippen LogP contribution is -2.47. The Kier molecular flexibility index (Phi) is 40.7. The van der Waals surface area contributed by atoms with Crippen LogP contribution in [0.25, 0.3) is 10.9 Å². The molecule has 0 atom stereocenters. The standard InChI is InChI=1S/C67H98Cl2F3N5O19S/c1-66(2,3)96-65(80)76-75-62(79)22-27-84-29-31-86-33-35-88-37-39-90-41-43-92-45-47-94-49-48-93-46-44-91-42-40-89-38-36-87-34-32-85-30-28-83-25-7-9-58(78)8-5-4-6-26-95-63-51-61(73-57-20-23-77(24-21-57)97(81,82)67(70,71)72)59-50-54(14-19-60(59)74-63)64(52-10-15-55(68)16-11-52)53-12-17-56(69)18-13-53/h10-19,50-51,57,64H,4-9,20-49H2,1-3H3,(H,73,74)(H,75,79)(H,76,80). The van der Waals surface area contributed by atoms with Gasteiger partial charge in [-0.2, -0.15) is 17.5 Å². The number of fused-ring (bicyclic) bond motifs is 1. The number of amides is 2. The molecule has 1 aromatic heterocycles. The summed E-state index contributed by atoms with van der Waals surface area (Å²) >= 11 is 12.6. The minimum Gasteiger partial charge on any atom is -0.478 e. The topological polar surface area (TPSA) is 267 Å². The van der Waals surface area contributed by atoms with Crippen LogP contribution in [0.4, 0.5) is 23.7 Å². The molecular weight excluding hydrogens is 1340 g/mol. The number of hydrazine groups is 1. The van der Waals surface area contributed by atoms with Crippen molar-refractivity contribution < 1.29 is 102 Å². The minimum absolute atomic E-state index is 0.0736. The normalized spacial score (nSPS) is 13.4. The predicted octanol–water partition coefficient (Wildman–Crippen LogP) is 9.88. The Bertz CT molecular complexity index is 2890. The third kappa shape index (κ3) is 35.7. The summed E-state index contributed by atoms with van der Waals surface area (Å²) in [7, 11) is -5.44. The van der Waals surface area contributed by atoms with Gasteiger partial charge in [-0.1, -0.05) is 53.5 Å². The second-order valence-corrected chi connectivity index (χ2v) is 26.0. The first-order chi connectivity index (χ1) is 46.8. The van der Waals surface area contributed by atoms with Crippen LogP contribution in [-0.4, -0.2) is 231 Å². The van der Waals surface area contributed by atoms with Gasteiger partial charge in [-0.25, -0.2) is 23.6 Å².